The second-order valence-electron chi connectivity index (χ2n) is 2.75. The maximum absolute atomic E-state index is 4.42. The van der Waals surface area contributed by atoms with Crippen molar-refractivity contribution < 1.29 is 0 Å². The fourth-order valence-corrected chi connectivity index (χ4v) is 1.00. The second-order valence-corrected chi connectivity index (χ2v) is 2.75. The smallest absolute Gasteiger partial charge is 0.0596 e. The summed E-state index contributed by atoms with van der Waals surface area (Å²) < 4.78 is 0. The normalized spacial score (nSPS) is 36.1. The quantitative estimate of drug-likeness (QED) is 0.510. The Morgan fingerprint density at radius 1 is 1.56 bits per heavy atom. The van der Waals surface area contributed by atoms with Gasteiger partial charge in [-0.15, -0.1) is 0 Å². The van der Waals surface area contributed by atoms with Crippen LogP contribution in [0.1, 0.15) is 20.8 Å². The van der Waals surface area contributed by atoms with Crippen LogP contribution in [0.25, 0.3) is 0 Å². The molecule has 1 N–H and O–H groups in total. The van der Waals surface area contributed by atoms with E-state index >= 15 is 0 Å². The zero-order valence-electron chi connectivity index (χ0n) is 6.31. The monoisotopic (exact) mass is 126 g/mol. The molecule has 0 saturated heterocycles. The number of hydrogen-bond donors (Lipinski definition) is 1. The molecule has 0 aliphatic carbocycles. The van der Waals surface area contributed by atoms with Crippen LogP contribution in [0.2, 0.25) is 0 Å². The van der Waals surface area contributed by atoms with E-state index in [0.717, 1.165) is 6.54 Å². The summed E-state index contributed by atoms with van der Waals surface area (Å²) in [5.41, 5.74) is 1.23. The Bertz CT molecular complexity index is 129. The molecule has 2 nitrogen and oxygen atoms in total. The molecule has 1 aliphatic heterocycles. The first kappa shape index (κ1) is 6.75. The molecule has 0 radical (unpaired) electrons. The number of nitrogens with one attached hydrogen (secondary N) is 1. The summed E-state index contributed by atoms with van der Waals surface area (Å²) in [6.07, 6.45) is 0. The van der Waals surface area contributed by atoms with Gasteiger partial charge in [0.15, 0.2) is 0 Å². The van der Waals surface area contributed by atoms with E-state index in [4.69, 9.17) is 0 Å². The fraction of sp³-hybridized carbons (Fsp3) is 0.857. The summed E-state index contributed by atoms with van der Waals surface area (Å²) in [6, 6.07) is 0.961. The van der Waals surface area contributed by atoms with E-state index < -0.39 is 0 Å². The van der Waals surface area contributed by atoms with Crippen LogP contribution in [0.3, 0.4) is 0 Å². The van der Waals surface area contributed by atoms with Crippen LogP contribution in [-0.4, -0.2) is 24.3 Å². The summed E-state index contributed by atoms with van der Waals surface area (Å²) >= 11 is 0. The van der Waals surface area contributed by atoms with E-state index in [2.05, 4.69) is 31.1 Å². The van der Waals surface area contributed by atoms with Crippen LogP contribution in [0.5, 0.6) is 0 Å². The molecule has 0 fully saturated rings. The van der Waals surface area contributed by atoms with E-state index in [1.807, 2.05) is 0 Å². The number of nitrogens with zero attached hydrogens (tertiary/aromatic N) is 1. The lowest BCUT2D eigenvalue weighted by Crippen LogP contribution is -2.41. The van der Waals surface area contributed by atoms with Gasteiger partial charge >= 0.3 is 0 Å². The molecule has 0 amide bonds. The van der Waals surface area contributed by atoms with E-state index in [-0.39, 0.29) is 0 Å². The van der Waals surface area contributed by atoms with Gasteiger partial charge in [0.2, 0.25) is 0 Å². The van der Waals surface area contributed by atoms with Crippen LogP contribution in [0, 0.1) is 0 Å². The minimum Gasteiger partial charge on any atom is -0.307 e. The largest absolute Gasteiger partial charge is 0.307 e. The molecule has 52 valence electrons. The van der Waals surface area contributed by atoms with E-state index in [0.29, 0.717) is 12.1 Å². The van der Waals surface area contributed by atoms with Crippen LogP contribution < -0.4 is 5.32 Å². The van der Waals surface area contributed by atoms with Crippen LogP contribution in [0.15, 0.2) is 4.99 Å². The number of rotatable bonds is 0. The van der Waals surface area contributed by atoms with Crippen LogP contribution in [0.4, 0.5) is 0 Å². The molecular formula is C7H14N2. The summed E-state index contributed by atoms with van der Waals surface area (Å²) in [6.45, 7) is 7.37. The molecule has 9 heavy (non-hydrogen) atoms. The van der Waals surface area contributed by atoms with E-state index in [9.17, 15) is 0 Å². The molecule has 1 aliphatic rings. The van der Waals surface area contributed by atoms with Crippen molar-refractivity contribution in [2.45, 2.75) is 32.9 Å². The first-order valence-electron chi connectivity index (χ1n) is 3.48. The SMILES string of the molecule is CC1=N[C@@H](C)CN[C@@H]1C. The Hall–Kier alpha value is -0.370. The fourth-order valence-electron chi connectivity index (χ4n) is 1.00. The van der Waals surface area contributed by atoms with E-state index in [1.54, 1.807) is 0 Å². The molecule has 0 bridgehead atoms. The van der Waals surface area contributed by atoms with Crippen molar-refractivity contribution in [3.05, 3.63) is 0 Å². The maximum atomic E-state index is 4.42. The first-order valence-corrected chi connectivity index (χ1v) is 3.48. The van der Waals surface area contributed by atoms with Crippen molar-refractivity contribution in [2.24, 2.45) is 4.99 Å². The van der Waals surface area contributed by atoms with Gasteiger partial charge in [-0.25, -0.2) is 0 Å². The lowest BCUT2D eigenvalue weighted by Gasteiger charge is -2.22. The molecule has 2 atom stereocenters. The number of hydrogen-bond acceptors (Lipinski definition) is 2. The van der Waals surface area contributed by atoms with Crippen molar-refractivity contribution in [1.82, 2.24) is 5.32 Å². The van der Waals surface area contributed by atoms with Gasteiger partial charge in [0.25, 0.3) is 0 Å². The highest BCUT2D eigenvalue weighted by Gasteiger charge is 2.12. The predicted molar refractivity (Wildman–Crippen MR) is 40.0 cm³/mol. The molecular weight excluding hydrogens is 112 g/mol. The molecule has 0 spiro atoms. The Labute approximate surface area is 56.4 Å². The summed E-state index contributed by atoms with van der Waals surface area (Å²) in [7, 11) is 0. The molecule has 0 aromatic carbocycles. The molecule has 0 unspecified atom stereocenters. The zero-order chi connectivity index (χ0) is 6.85. The minimum absolute atomic E-state index is 0.473. The van der Waals surface area contributed by atoms with Gasteiger partial charge in [-0.1, -0.05) is 0 Å². The highest BCUT2D eigenvalue weighted by molar-refractivity contribution is 5.87. The second kappa shape index (κ2) is 2.48. The van der Waals surface area contributed by atoms with Gasteiger partial charge in [0.1, 0.15) is 0 Å². The zero-order valence-corrected chi connectivity index (χ0v) is 6.31. The van der Waals surface area contributed by atoms with Gasteiger partial charge in [0, 0.05) is 18.3 Å². The third kappa shape index (κ3) is 1.52. The van der Waals surface area contributed by atoms with Crippen molar-refractivity contribution in [3.8, 4) is 0 Å². The third-order valence-electron chi connectivity index (χ3n) is 1.77. The highest BCUT2D eigenvalue weighted by atomic mass is 15.0. The summed E-state index contributed by atoms with van der Waals surface area (Å²) in [5, 5.41) is 3.35. The molecule has 0 aromatic rings. The Balaban J connectivity index is 2.61. The third-order valence-corrected chi connectivity index (χ3v) is 1.77. The maximum Gasteiger partial charge on any atom is 0.0596 e. The Kier molecular flexibility index (Phi) is 1.86. The Morgan fingerprint density at radius 2 is 2.22 bits per heavy atom. The van der Waals surface area contributed by atoms with Gasteiger partial charge < -0.3 is 5.32 Å². The lowest BCUT2D eigenvalue weighted by atomic mass is 10.1. The molecule has 1 heterocycles. The topological polar surface area (TPSA) is 24.4 Å². The van der Waals surface area contributed by atoms with Gasteiger partial charge in [-0.2, -0.15) is 0 Å². The molecule has 0 saturated carbocycles. The lowest BCUT2D eigenvalue weighted by molar-refractivity contribution is 0.556. The van der Waals surface area contributed by atoms with Crippen molar-refractivity contribution in [3.63, 3.8) is 0 Å². The molecule has 1 rings (SSSR count). The average Bonchev–Trinajstić information content (AvgIpc) is 1.80. The van der Waals surface area contributed by atoms with E-state index in [1.165, 1.54) is 5.71 Å². The van der Waals surface area contributed by atoms with Gasteiger partial charge in [0.05, 0.1) is 6.04 Å². The predicted octanol–water partition coefficient (Wildman–Crippen LogP) is 0.828. The molecule has 2 heteroatoms. The first-order chi connectivity index (χ1) is 4.20. The summed E-state index contributed by atoms with van der Waals surface area (Å²) in [4.78, 5) is 4.42. The van der Waals surface area contributed by atoms with Crippen molar-refractivity contribution in [2.75, 3.05) is 6.54 Å². The standard InChI is InChI=1S/C7H14N2/c1-5-4-8-6(2)7(3)9-5/h5-6,8H,4H2,1-3H3/t5-,6+/m0/s1. The van der Waals surface area contributed by atoms with Gasteiger partial charge in [-0.3, -0.25) is 4.99 Å². The average molecular weight is 126 g/mol. The van der Waals surface area contributed by atoms with Crippen LogP contribution in [-0.2, 0) is 0 Å². The minimum atomic E-state index is 0.473. The van der Waals surface area contributed by atoms with Crippen molar-refractivity contribution >= 4 is 5.71 Å². The number of aliphatic imine (C=N–C) groups is 1. The Morgan fingerprint density at radius 3 is 2.67 bits per heavy atom. The molecule has 0 aromatic heterocycles. The summed E-state index contributed by atoms with van der Waals surface area (Å²) in [5.74, 6) is 0. The van der Waals surface area contributed by atoms with Crippen molar-refractivity contribution in [1.29, 1.82) is 0 Å². The highest BCUT2D eigenvalue weighted by Crippen LogP contribution is 1.99. The van der Waals surface area contributed by atoms with Crippen LogP contribution >= 0.6 is 0 Å². The van der Waals surface area contributed by atoms with Gasteiger partial charge in [-0.05, 0) is 20.8 Å².